The predicted molar refractivity (Wildman–Crippen MR) is 105 cm³/mol. The zero-order valence-electron chi connectivity index (χ0n) is 15.6. The molecule has 0 radical (unpaired) electrons. The summed E-state index contributed by atoms with van der Waals surface area (Å²) in [5, 5.41) is 20.4. The standard InChI is InChI=1S/C23H27NO3/c25-21-8-6-17(7-9-21)10-22(26)16-24-14-19-12-23(27,13-20(19)15-24)11-18-4-2-1-3-5-18/h1-9,19-20,25,27H,10-16H2/t19-,20+,23?. The summed E-state index contributed by atoms with van der Waals surface area (Å²) in [6.45, 7) is 2.29. The van der Waals surface area contributed by atoms with Crippen LogP contribution < -0.4 is 0 Å². The Kier molecular flexibility index (Phi) is 5.02. The van der Waals surface area contributed by atoms with Gasteiger partial charge in [0.15, 0.2) is 5.78 Å². The number of Topliss-reactive ketones (excluding diaryl/α,β-unsaturated/α-hetero) is 1. The fourth-order valence-electron chi connectivity index (χ4n) is 4.95. The molecule has 2 N–H and O–H groups in total. The van der Waals surface area contributed by atoms with Gasteiger partial charge < -0.3 is 10.2 Å². The van der Waals surface area contributed by atoms with Crippen LogP contribution in [0.25, 0.3) is 0 Å². The van der Waals surface area contributed by atoms with Crippen LogP contribution in [0.1, 0.15) is 24.0 Å². The van der Waals surface area contributed by atoms with Gasteiger partial charge in [-0.15, -0.1) is 0 Å². The molecule has 1 aliphatic heterocycles. The molecule has 4 rings (SSSR count). The highest BCUT2D eigenvalue weighted by molar-refractivity contribution is 5.82. The quantitative estimate of drug-likeness (QED) is 0.826. The molecule has 2 fully saturated rings. The molecule has 0 bridgehead atoms. The summed E-state index contributed by atoms with van der Waals surface area (Å²) >= 11 is 0. The van der Waals surface area contributed by atoms with Gasteiger partial charge in [0.1, 0.15) is 5.75 Å². The molecule has 0 spiro atoms. The second-order valence-electron chi connectivity index (χ2n) is 8.39. The van der Waals surface area contributed by atoms with Crippen molar-refractivity contribution in [1.82, 2.24) is 4.90 Å². The van der Waals surface area contributed by atoms with E-state index >= 15 is 0 Å². The molecular weight excluding hydrogens is 338 g/mol. The number of aromatic hydroxyl groups is 1. The van der Waals surface area contributed by atoms with Gasteiger partial charge in [0, 0.05) is 25.9 Å². The minimum atomic E-state index is -0.598. The van der Waals surface area contributed by atoms with E-state index in [0.29, 0.717) is 24.8 Å². The van der Waals surface area contributed by atoms with E-state index in [1.54, 1.807) is 24.3 Å². The maximum Gasteiger partial charge on any atom is 0.151 e. The molecule has 4 heteroatoms. The van der Waals surface area contributed by atoms with Gasteiger partial charge in [0.05, 0.1) is 12.1 Å². The Morgan fingerprint density at radius 2 is 1.59 bits per heavy atom. The Bertz CT molecular complexity index is 773. The number of rotatable bonds is 6. The lowest BCUT2D eigenvalue weighted by Gasteiger charge is -2.26. The van der Waals surface area contributed by atoms with E-state index in [1.807, 2.05) is 18.2 Å². The van der Waals surface area contributed by atoms with Crippen molar-refractivity contribution in [1.29, 1.82) is 0 Å². The largest absolute Gasteiger partial charge is 0.508 e. The Hall–Kier alpha value is -2.17. The molecule has 1 unspecified atom stereocenters. The molecule has 3 atom stereocenters. The van der Waals surface area contributed by atoms with E-state index in [4.69, 9.17) is 0 Å². The third kappa shape index (κ3) is 4.40. The lowest BCUT2D eigenvalue weighted by molar-refractivity contribution is -0.119. The number of carbonyl (C=O) groups is 1. The number of hydrogen-bond acceptors (Lipinski definition) is 4. The number of ketones is 1. The Morgan fingerprint density at radius 3 is 2.22 bits per heavy atom. The molecule has 142 valence electrons. The molecule has 27 heavy (non-hydrogen) atoms. The van der Waals surface area contributed by atoms with Crippen LogP contribution in [0.15, 0.2) is 54.6 Å². The SMILES string of the molecule is O=C(Cc1ccc(O)cc1)CN1C[C@@H]2CC(O)(Cc3ccccc3)C[C@@H]2C1. The van der Waals surface area contributed by atoms with Gasteiger partial charge in [-0.3, -0.25) is 9.69 Å². The monoisotopic (exact) mass is 365 g/mol. The van der Waals surface area contributed by atoms with Crippen molar-refractivity contribution >= 4 is 5.78 Å². The van der Waals surface area contributed by atoms with Crippen LogP contribution in [0.2, 0.25) is 0 Å². The highest BCUT2D eigenvalue weighted by Gasteiger charge is 2.48. The molecule has 1 saturated heterocycles. The lowest BCUT2D eigenvalue weighted by atomic mass is 9.91. The average Bonchev–Trinajstić information content (AvgIpc) is 3.11. The predicted octanol–water partition coefficient (Wildman–Crippen LogP) is 2.82. The smallest absolute Gasteiger partial charge is 0.151 e. The fraction of sp³-hybridized carbons (Fsp3) is 0.435. The molecule has 1 saturated carbocycles. The first-order valence-electron chi connectivity index (χ1n) is 9.77. The summed E-state index contributed by atoms with van der Waals surface area (Å²) in [5.74, 6) is 1.40. The number of likely N-dealkylation sites (tertiary alicyclic amines) is 1. The maximum absolute atomic E-state index is 12.4. The summed E-state index contributed by atoms with van der Waals surface area (Å²) in [4.78, 5) is 14.6. The Labute approximate surface area is 160 Å². The van der Waals surface area contributed by atoms with Gasteiger partial charge in [-0.05, 0) is 47.9 Å². The van der Waals surface area contributed by atoms with Crippen LogP contribution in [0, 0.1) is 11.8 Å². The van der Waals surface area contributed by atoms with E-state index in [0.717, 1.165) is 37.9 Å². The number of carbonyl (C=O) groups excluding carboxylic acids is 1. The van der Waals surface area contributed by atoms with E-state index in [1.165, 1.54) is 5.56 Å². The molecule has 0 aromatic heterocycles. The van der Waals surface area contributed by atoms with Gasteiger partial charge in [0.2, 0.25) is 0 Å². The minimum Gasteiger partial charge on any atom is -0.508 e. The highest BCUT2D eigenvalue weighted by Crippen LogP contribution is 2.45. The minimum absolute atomic E-state index is 0.209. The molecule has 4 nitrogen and oxygen atoms in total. The maximum atomic E-state index is 12.4. The normalized spacial score (nSPS) is 27.6. The number of benzene rings is 2. The summed E-state index contributed by atoms with van der Waals surface area (Å²) in [6, 6.07) is 17.1. The van der Waals surface area contributed by atoms with Crippen LogP contribution in [-0.4, -0.2) is 46.1 Å². The van der Waals surface area contributed by atoms with Gasteiger partial charge in [-0.1, -0.05) is 42.5 Å². The third-order valence-corrected chi connectivity index (χ3v) is 6.05. The molecule has 2 aromatic rings. The zero-order chi connectivity index (χ0) is 18.9. The number of phenolic OH excluding ortho intramolecular Hbond substituents is 1. The molecule has 1 heterocycles. The summed E-state index contributed by atoms with van der Waals surface area (Å²) in [6.07, 6.45) is 2.79. The van der Waals surface area contributed by atoms with Gasteiger partial charge in [-0.2, -0.15) is 0 Å². The van der Waals surface area contributed by atoms with Crippen LogP contribution >= 0.6 is 0 Å². The zero-order valence-corrected chi connectivity index (χ0v) is 15.6. The van der Waals surface area contributed by atoms with Gasteiger partial charge in [-0.25, -0.2) is 0 Å². The first-order chi connectivity index (χ1) is 13.0. The first-order valence-corrected chi connectivity index (χ1v) is 9.77. The highest BCUT2D eigenvalue weighted by atomic mass is 16.3. The van der Waals surface area contributed by atoms with Crippen molar-refractivity contribution in [2.75, 3.05) is 19.6 Å². The number of hydrogen-bond donors (Lipinski definition) is 2. The van der Waals surface area contributed by atoms with E-state index in [9.17, 15) is 15.0 Å². The van der Waals surface area contributed by atoms with Crippen molar-refractivity contribution in [3.63, 3.8) is 0 Å². The first kappa shape index (κ1) is 18.2. The van der Waals surface area contributed by atoms with Gasteiger partial charge >= 0.3 is 0 Å². The second kappa shape index (κ2) is 7.45. The molecule has 2 aliphatic rings. The second-order valence-corrected chi connectivity index (χ2v) is 8.39. The van der Waals surface area contributed by atoms with Crippen LogP contribution in [0.4, 0.5) is 0 Å². The number of fused-ring (bicyclic) bond motifs is 1. The van der Waals surface area contributed by atoms with Crippen molar-refractivity contribution in [3.8, 4) is 5.75 Å². The fourth-order valence-corrected chi connectivity index (χ4v) is 4.95. The molecule has 2 aromatic carbocycles. The van der Waals surface area contributed by atoms with Crippen LogP contribution in [0.3, 0.4) is 0 Å². The number of nitrogens with zero attached hydrogens (tertiary/aromatic N) is 1. The van der Waals surface area contributed by atoms with Crippen molar-refractivity contribution in [3.05, 3.63) is 65.7 Å². The summed E-state index contributed by atoms with van der Waals surface area (Å²) < 4.78 is 0. The van der Waals surface area contributed by atoms with Crippen LogP contribution in [-0.2, 0) is 17.6 Å². The summed E-state index contributed by atoms with van der Waals surface area (Å²) in [5.41, 5.74) is 1.54. The van der Waals surface area contributed by atoms with E-state index < -0.39 is 5.60 Å². The molecule has 0 amide bonds. The van der Waals surface area contributed by atoms with Crippen LogP contribution in [0.5, 0.6) is 5.75 Å². The number of phenols is 1. The lowest BCUT2D eigenvalue weighted by Crippen LogP contribution is -2.34. The number of aliphatic hydroxyl groups is 1. The summed E-state index contributed by atoms with van der Waals surface area (Å²) in [7, 11) is 0. The van der Waals surface area contributed by atoms with Crippen molar-refractivity contribution in [2.24, 2.45) is 11.8 Å². The third-order valence-electron chi connectivity index (χ3n) is 6.05. The van der Waals surface area contributed by atoms with Crippen molar-refractivity contribution in [2.45, 2.75) is 31.3 Å². The Balaban J connectivity index is 1.28. The average molecular weight is 365 g/mol. The Morgan fingerprint density at radius 1 is 0.963 bits per heavy atom. The van der Waals surface area contributed by atoms with E-state index in [2.05, 4.69) is 17.0 Å². The molecule has 1 aliphatic carbocycles. The topological polar surface area (TPSA) is 60.8 Å². The van der Waals surface area contributed by atoms with Crippen molar-refractivity contribution < 1.29 is 15.0 Å². The molecular formula is C23H27NO3. The van der Waals surface area contributed by atoms with E-state index in [-0.39, 0.29) is 11.5 Å². The van der Waals surface area contributed by atoms with Gasteiger partial charge in [0.25, 0.3) is 0 Å².